The summed E-state index contributed by atoms with van der Waals surface area (Å²) in [4.78, 5) is 39.6. The van der Waals surface area contributed by atoms with E-state index in [2.05, 4.69) is 10.3 Å². The van der Waals surface area contributed by atoms with Crippen LogP contribution in [0.3, 0.4) is 0 Å². The van der Waals surface area contributed by atoms with E-state index < -0.39 is 58.3 Å². The van der Waals surface area contributed by atoms with E-state index in [0.29, 0.717) is 4.57 Å². The first-order valence-electron chi connectivity index (χ1n) is 8.02. The number of pyridine rings is 2. The number of carbonyl (C=O) groups excluding carboxylic acids is 2. The van der Waals surface area contributed by atoms with Crippen LogP contribution < -0.4 is 10.9 Å². The second-order valence-electron chi connectivity index (χ2n) is 6.91. The van der Waals surface area contributed by atoms with E-state index in [1.165, 1.54) is 0 Å². The number of fused-ring (bicyclic) bond motifs is 1. The normalized spacial score (nSPS) is 12.1. The molecule has 2 aromatic rings. The molecule has 2 aromatic heterocycles. The number of hydrogen-bond acceptors (Lipinski definition) is 6. The number of aryl methyl sites for hydroxylation is 1. The standard InChI is InChI=1S/C17H18F3N3O5/c1-16(2,3)28-9(24)7-22-14(26)10-12(25)8-5-6-21-13(17(18,19)20)11(8)23(4)15(10)27/h5-6,25H,7H2,1-4H3,(H,22,26). The van der Waals surface area contributed by atoms with Crippen molar-refractivity contribution in [3.8, 4) is 5.75 Å². The first kappa shape index (κ1) is 21.2. The molecule has 0 saturated carbocycles. The molecule has 0 aliphatic heterocycles. The molecule has 2 heterocycles. The van der Waals surface area contributed by atoms with Gasteiger partial charge in [0, 0.05) is 18.6 Å². The quantitative estimate of drug-likeness (QED) is 0.758. The minimum atomic E-state index is -4.88. The number of ether oxygens (including phenoxy) is 1. The highest BCUT2D eigenvalue weighted by molar-refractivity contribution is 6.03. The Morgan fingerprint density at radius 2 is 1.89 bits per heavy atom. The highest BCUT2D eigenvalue weighted by Crippen LogP contribution is 2.35. The fourth-order valence-corrected chi connectivity index (χ4v) is 2.52. The van der Waals surface area contributed by atoms with E-state index in [4.69, 9.17) is 4.74 Å². The van der Waals surface area contributed by atoms with E-state index in [1.54, 1.807) is 20.8 Å². The molecule has 0 atom stereocenters. The van der Waals surface area contributed by atoms with Gasteiger partial charge in [0.05, 0.1) is 5.52 Å². The van der Waals surface area contributed by atoms with Crippen molar-refractivity contribution in [3.63, 3.8) is 0 Å². The van der Waals surface area contributed by atoms with E-state index in [-0.39, 0.29) is 5.39 Å². The maximum atomic E-state index is 13.2. The number of nitrogens with zero attached hydrogens (tertiary/aromatic N) is 2. The molecule has 0 aliphatic carbocycles. The van der Waals surface area contributed by atoms with Crippen LogP contribution in [0.25, 0.3) is 10.9 Å². The van der Waals surface area contributed by atoms with E-state index in [0.717, 1.165) is 19.3 Å². The number of halogens is 3. The Labute approximate surface area is 156 Å². The Kier molecular flexibility index (Phi) is 5.40. The summed E-state index contributed by atoms with van der Waals surface area (Å²) >= 11 is 0. The molecule has 1 amide bonds. The van der Waals surface area contributed by atoms with Crippen LogP contribution in [0.4, 0.5) is 13.2 Å². The van der Waals surface area contributed by atoms with Gasteiger partial charge in [0.1, 0.15) is 23.5 Å². The Balaban J connectivity index is 2.49. The lowest BCUT2D eigenvalue weighted by Crippen LogP contribution is -2.38. The Morgan fingerprint density at radius 3 is 2.43 bits per heavy atom. The van der Waals surface area contributed by atoms with Gasteiger partial charge in [-0.05, 0) is 26.8 Å². The van der Waals surface area contributed by atoms with Gasteiger partial charge >= 0.3 is 12.1 Å². The molecule has 0 aromatic carbocycles. The molecular weight excluding hydrogens is 383 g/mol. The molecular formula is C17H18F3N3O5. The molecule has 0 spiro atoms. The predicted octanol–water partition coefficient (Wildman–Crippen LogP) is 1.73. The van der Waals surface area contributed by atoms with Gasteiger partial charge in [-0.3, -0.25) is 14.4 Å². The summed E-state index contributed by atoms with van der Waals surface area (Å²) in [5.41, 5.74) is -4.81. The van der Waals surface area contributed by atoms with Gasteiger partial charge in [-0.25, -0.2) is 4.98 Å². The number of esters is 1. The second kappa shape index (κ2) is 7.13. The summed E-state index contributed by atoms with van der Waals surface area (Å²) in [6.45, 7) is 4.25. The van der Waals surface area contributed by atoms with Gasteiger partial charge < -0.3 is 19.7 Å². The topological polar surface area (TPSA) is 111 Å². The van der Waals surface area contributed by atoms with Crippen LogP contribution in [0.15, 0.2) is 17.1 Å². The largest absolute Gasteiger partial charge is 0.506 e. The van der Waals surface area contributed by atoms with Crippen LogP contribution in [-0.2, 0) is 22.8 Å². The maximum Gasteiger partial charge on any atom is 0.435 e. The molecule has 8 nitrogen and oxygen atoms in total. The van der Waals surface area contributed by atoms with Crippen LogP contribution in [0.1, 0.15) is 36.8 Å². The second-order valence-corrected chi connectivity index (χ2v) is 6.91. The van der Waals surface area contributed by atoms with Gasteiger partial charge in [-0.15, -0.1) is 0 Å². The van der Waals surface area contributed by atoms with Gasteiger partial charge in [-0.1, -0.05) is 0 Å². The zero-order valence-electron chi connectivity index (χ0n) is 15.5. The average Bonchev–Trinajstić information content (AvgIpc) is 2.55. The SMILES string of the molecule is Cn1c(=O)c(C(=O)NCC(=O)OC(C)(C)C)c(O)c2ccnc(C(F)(F)F)c21. The van der Waals surface area contributed by atoms with Gasteiger partial charge in [0.25, 0.3) is 11.5 Å². The molecule has 0 unspecified atom stereocenters. The van der Waals surface area contributed by atoms with Crippen molar-refractivity contribution >= 4 is 22.8 Å². The summed E-state index contributed by atoms with van der Waals surface area (Å²) in [5, 5.41) is 12.0. The predicted molar refractivity (Wildman–Crippen MR) is 91.8 cm³/mol. The first-order valence-corrected chi connectivity index (χ1v) is 8.02. The minimum absolute atomic E-state index is 0.383. The van der Waals surface area contributed by atoms with Crippen molar-refractivity contribution in [1.29, 1.82) is 0 Å². The summed E-state index contributed by atoms with van der Waals surface area (Å²) in [6, 6.07) is 1.05. The van der Waals surface area contributed by atoms with Gasteiger partial charge in [-0.2, -0.15) is 13.2 Å². The van der Waals surface area contributed by atoms with Crippen LogP contribution >= 0.6 is 0 Å². The molecule has 0 radical (unpaired) electrons. The molecule has 152 valence electrons. The summed E-state index contributed by atoms with van der Waals surface area (Å²) in [5.74, 6) is -2.86. The average molecular weight is 401 g/mol. The lowest BCUT2D eigenvalue weighted by molar-refractivity contribution is -0.153. The molecule has 0 aliphatic rings. The number of aromatic nitrogens is 2. The molecule has 2 rings (SSSR count). The highest BCUT2D eigenvalue weighted by Gasteiger charge is 2.37. The van der Waals surface area contributed by atoms with Crippen LogP contribution in [0.2, 0.25) is 0 Å². The first-order chi connectivity index (χ1) is 12.7. The van der Waals surface area contributed by atoms with Crippen molar-refractivity contribution in [1.82, 2.24) is 14.9 Å². The third-order valence-corrected chi connectivity index (χ3v) is 3.58. The van der Waals surface area contributed by atoms with Gasteiger partial charge in [0.15, 0.2) is 5.69 Å². The zero-order chi connectivity index (χ0) is 21.4. The fourth-order valence-electron chi connectivity index (χ4n) is 2.52. The number of nitrogens with one attached hydrogen (secondary N) is 1. The zero-order valence-corrected chi connectivity index (χ0v) is 15.5. The monoisotopic (exact) mass is 401 g/mol. The third kappa shape index (κ3) is 4.24. The fraction of sp³-hybridized carbons (Fsp3) is 0.412. The van der Waals surface area contributed by atoms with Crippen LogP contribution in [0.5, 0.6) is 5.75 Å². The van der Waals surface area contributed by atoms with Crippen molar-refractivity contribution in [2.45, 2.75) is 32.5 Å². The van der Waals surface area contributed by atoms with Crippen molar-refractivity contribution < 1.29 is 32.6 Å². The molecule has 0 bridgehead atoms. The highest BCUT2D eigenvalue weighted by atomic mass is 19.4. The Morgan fingerprint density at radius 1 is 1.29 bits per heavy atom. The number of alkyl halides is 3. The van der Waals surface area contributed by atoms with Crippen LogP contribution in [-0.4, -0.2) is 38.7 Å². The van der Waals surface area contributed by atoms with Crippen LogP contribution in [0, 0.1) is 0 Å². The molecule has 11 heteroatoms. The number of amides is 1. The minimum Gasteiger partial charge on any atom is -0.506 e. The molecule has 0 fully saturated rings. The van der Waals surface area contributed by atoms with Crippen molar-refractivity contribution in [2.75, 3.05) is 6.54 Å². The molecule has 0 saturated heterocycles. The summed E-state index contributed by atoms with van der Waals surface area (Å²) < 4.78 is 45.1. The van der Waals surface area contributed by atoms with Crippen molar-refractivity contribution in [3.05, 3.63) is 33.9 Å². The number of aromatic hydroxyl groups is 1. The van der Waals surface area contributed by atoms with E-state index >= 15 is 0 Å². The number of hydrogen-bond donors (Lipinski definition) is 2. The van der Waals surface area contributed by atoms with Crippen molar-refractivity contribution in [2.24, 2.45) is 7.05 Å². The smallest absolute Gasteiger partial charge is 0.435 e. The molecule has 2 N–H and O–H groups in total. The number of rotatable bonds is 3. The lowest BCUT2D eigenvalue weighted by Gasteiger charge is -2.19. The van der Waals surface area contributed by atoms with E-state index in [9.17, 15) is 32.7 Å². The number of carbonyl (C=O) groups is 2. The third-order valence-electron chi connectivity index (χ3n) is 3.58. The lowest BCUT2D eigenvalue weighted by atomic mass is 10.1. The summed E-state index contributed by atoms with van der Waals surface area (Å²) in [6.07, 6.45) is -4.08. The Bertz CT molecular complexity index is 1010. The summed E-state index contributed by atoms with van der Waals surface area (Å²) in [7, 11) is 1.02. The Hall–Kier alpha value is -3.11. The van der Waals surface area contributed by atoms with Gasteiger partial charge in [0.2, 0.25) is 0 Å². The molecule has 28 heavy (non-hydrogen) atoms. The maximum absolute atomic E-state index is 13.2. The van der Waals surface area contributed by atoms with E-state index in [1.807, 2.05) is 0 Å².